The third-order valence-electron chi connectivity index (χ3n) is 2.72. The van der Waals surface area contributed by atoms with Crippen LogP contribution in [0.2, 0.25) is 0 Å². The fourth-order valence-electron chi connectivity index (χ4n) is 1.61. The molecule has 1 aromatic carbocycles. The van der Waals surface area contributed by atoms with Crippen molar-refractivity contribution in [2.24, 2.45) is 0 Å². The van der Waals surface area contributed by atoms with Crippen molar-refractivity contribution in [2.45, 2.75) is 19.5 Å². The fraction of sp³-hybridized carbons (Fsp3) is 0.231. The Morgan fingerprint density at radius 2 is 2.00 bits per heavy atom. The quantitative estimate of drug-likeness (QED) is 0.897. The zero-order valence-corrected chi connectivity index (χ0v) is 12.0. The van der Waals surface area contributed by atoms with Crippen molar-refractivity contribution < 1.29 is 0 Å². The van der Waals surface area contributed by atoms with Crippen molar-refractivity contribution in [3.63, 3.8) is 0 Å². The van der Waals surface area contributed by atoms with Crippen LogP contribution in [0.1, 0.15) is 23.4 Å². The van der Waals surface area contributed by atoms with E-state index in [1.165, 1.54) is 10.4 Å². The monoisotopic (exact) mass is 310 g/mol. The van der Waals surface area contributed by atoms with Crippen LogP contribution in [0, 0.1) is 0 Å². The molecule has 2 rings (SSSR count). The Balaban J connectivity index is 1.95. The normalized spacial score (nSPS) is 12.6. The topological polar surface area (TPSA) is 38.0 Å². The molecule has 1 atom stereocenters. The molecule has 0 bridgehead atoms. The molecule has 0 radical (unpaired) electrons. The van der Waals surface area contributed by atoms with E-state index in [9.17, 15) is 0 Å². The number of halogens is 1. The number of anilines is 1. The van der Waals surface area contributed by atoms with Gasteiger partial charge in [-0.1, -0.05) is 28.1 Å². The smallest absolute Gasteiger partial charge is 0.0468 e. The number of hydrogen-bond acceptors (Lipinski definition) is 3. The summed E-state index contributed by atoms with van der Waals surface area (Å²) in [7, 11) is 0. The van der Waals surface area contributed by atoms with E-state index >= 15 is 0 Å². The zero-order chi connectivity index (χ0) is 12.3. The first kappa shape index (κ1) is 12.6. The predicted octanol–water partition coefficient (Wildman–Crippen LogP) is 3.94. The van der Waals surface area contributed by atoms with E-state index in [1.54, 1.807) is 11.3 Å². The van der Waals surface area contributed by atoms with Crippen LogP contribution in [0.4, 0.5) is 5.69 Å². The Hall–Kier alpha value is -0.840. The highest BCUT2D eigenvalue weighted by Crippen LogP contribution is 2.21. The van der Waals surface area contributed by atoms with Crippen LogP contribution in [0.15, 0.2) is 40.2 Å². The Morgan fingerprint density at radius 1 is 1.29 bits per heavy atom. The minimum Gasteiger partial charge on any atom is -0.398 e. The first-order valence-corrected chi connectivity index (χ1v) is 7.15. The van der Waals surface area contributed by atoms with Crippen LogP contribution < -0.4 is 11.1 Å². The maximum atomic E-state index is 5.85. The minimum absolute atomic E-state index is 0.324. The van der Waals surface area contributed by atoms with E-state index in [0.717, 1.165) is 16.7 Å². The van der Waals surface area contributed by atoms with Gasteiger partial charge in [0.25, 0.3) is 0 Å². The summed E-state index contributed by atoms with van der Waals surface area (Å²) in [4.78, 5) is 1.20. The molecule has 2 aromatic rings. The summed E-state index contributed by atoms with van der Waals surface area (Å²) in [5, 5.41) is 5.50. The van der Waals surface area contributed by atoms with E-state index in [0.29, 0.717) is 6.04 Å². The molecule has 2 nitrogen and oxygen atoms in total. The molecule has 0 saturated heterocycles. The zero-order valence-electron chi connectivity index (χ0n) is 9.61. The minimum atomic E-state index is 0.324. The van der Waals surface area contributed by atoms with Gasteiger partial charge in [0.15, 0.2) is 0 Å². The molecule has 0 aliphatic carbocycles. The van der Waals surface area contributed by atoms with Gasteiger partial charge in [-0.15, -0.1) is 11.3 Å². The van der Waals surface area contributed by atoms with Crippen molar-refractivity contribution in [3.8, 4) is 0 Å². The van der Waals surface area contributed by atoms with Gasteiger partial charge in [-0.3, -0.25) is 0 Å². The van der Waals surface area contributed by atoms with E-state index in [-0.39, 0.29) is 0 Å². The molecule has 0 aliphatic heterocycles. The molecule has 0 spiro atoms. The van der Waals surface area contributed by atoms with E-state index in [2.05, 4.69) is 52.4 Å². The van der Waals surface area contributed by atoms with E-state index < -0.39 is 0 Å². The fourth-order valence-corrected chi connectivity index (χ4v) is 2.62. The summed E-state index contributed by atoms with van der Waals surface area (Å²) in [6.45, 7) is 2.98. The van der Waals surface area contributed by atoms with Crippen LogP contribution >= 0.6 is 27.3 Å². The molecular formula is C13H15BrN2S. The predicted molar refractivity (Wildman–Crippen MR) is 78.1 cm³/mol. The van der Waals surface area contributed by atoms with Gasteiger partial charge in [0.1, 0.15) is 0 Å². The number of nitrogens with one attached hydrogen (secondary N) is 1. The average Bonchev–Trinajstić information content (AvgIpc) is 2.73. The lowest BCUT2D eigenvalue weighted by molar-refractivity contribution is 0.579. The number of nitrogen functional groups attached to an aromatic ring is 1. The number of nitrogens with two attached hydrogens (primary N) is 1. The van der Waals surface area contributed by atoms with Crippen molar-refractivity contribution >= 4 is 33.0 Å². The van der Waals surface area contributed by atoms with Crippen molar-refractivity contribution in [2.75, 3.05) is 5.73 Å². The van der Waals surface area contributed by atoms with Gasteiger partial charge in [0.05, 0.1) is 0 Å². The van der Waals surface area contributed by atoms with Crippen molar-refractivity contribution in [1.82, 2.24) is 5.32 Å². The van der Waals surface area contributed by atoms with Crippen molar-refractivity contribution in [3.05, 3.63) is 50.6 Å². The summed E-state index contributed by atoms with van der Waals surface area (Å²) >= 11 is 5.13. The van der Waals surface area contributed by atoms with Gasteiger partial charge in [-0.05, 0) is 36.1 Å². The second-order valence-corrected chi connectivity index (χ2v) is 5.87. The number of hydrogen-bond donors (Lipinski definition) is 2. The summed E-state index contributed by atoms with van der Waals surface area (Å²) in [5.74, 6) is 0. The highest BCUT2D eigenvalue weighted by atomic mass is 79.9. The van der Waals surface area contributed by atoms with Gasteiger partial charge in [0, 0.05) is 27.6 Å². The van der Waals surface area contributed by atoms with Crippen LogP contribution in [0.5, 0.6) is 0 Å². The van der Waals surface area contributed by atoms with Crippen LogP contribution in [-0.2, 0) is 6.54 Å². The lowest BCUT2D eigenvalue weighted by Gasteiger charge is -2.14. The second kappa shape index (κ2) is 5.67. The highest BCUT2D eigenvalue weighted by Gasteiger charge is 2.06. The average molecular weight is 311 g/mol. The lowest BCUT2D eigenvalue weighted by atomic mass is 10.1. The van der Waals surface area contributed by atoms with Gasteiger partial charge in [-0.2, -0.15) is 0 Å². The van der Waals surface area contributed by atoms with E-state index in [4.69, 9.17) is 5.73 Å². The lowest BCUT2D eigenvalue weighted by Crippen LogP contribution is -2.17. The maximum absolute atomic E-state index is 5.85. The van der Waals surface area contributed by atoms with Gasteiger partial charge >= 0.3 is 0 Å². The summed E-state index contributed by atoms with van der Waals surface area (Å²) in [6.07, 6.45) is 0. The molecule has 1 heterocycles. The van der Waals surface area contributed by atoms with Crippen LogP contribution in [-0.4, -0.2) is 0 Å². The molecular weight excluding hydrogens is 296 g/mol. The molecule has 0 amide bonds. The number of rotatable bonds is 4. The number of benzene rings is 1. The largest absolute Gasteiger partial charge is 0.398 e. The molecule has 0 unspecified atom stereocenters. The second-order valence-electron chi connectivity index (χ2n) is 3.95. The summed E-state index contributed by atoms with van der Waals surface area (Å²) in [6, 6.07) is 10.6. The Kier molecular flexibility index (Phi) is 4.20. The molecule has 4 heteroatoms. The standard InChI is InChI=1S/C13H15BrN2S/c1-9(10-2-4-11(14)5-3-10)16-8-13-12(15)6-7-17-13/h2-7,9,16H,8,15H2,1H3/t9-/m0/s1. The first-order chi connectivity index (χ1) is 8.16. The van der Waals surface area contributed by atoms with Crippen LogP contribution in [0.3, 0.4) is 0 Å². The molecule has 17 heavy (non-hydrogen) atoms. The van der Waals surface area contributed by atoms with Gasteiger partial charge < -0.3 is 11.1 Å². The van der Waals surface area contributed by atoms with Crippen LogP contribution in [0.25, 0.3) is 0 Å². The summed E-state index contributed by atoms with van der Waals surface area (Å²) in [5.41, 5.74) is 8.01. The first-order valence-electron chi connectivity index (χ1n) is 5.47. The third kappa shape index (κ3) is 3.31. The molecule has 0 aliphatic rings. The molecule has 1 aromatic heterocycles. The highest BCUT2D eigenvalue weighted by molar-refractivity contribution is 9.10. The SMILES string of the molecule is C[C@H](NCc1sccc1N)c1ccc(Br)cc1. The molecule has 90 valence electrons. The maximum Gasteiger partial charge on any atom is 0.0468 e. The number of thiophene rings is 1. The molecule has 3 N–H and O–H groups in total. The summed E-state index contributed by atoms with van der Waals surface area (Å²) < 4.78 is 1.11. The Morgan fingerprint density at radius 3 is 2.59 bits per heavy atom. The Labute approximate surface area is 114 Å². The van der Waals surface area contributed by atoms with Crippen molar-refractivity contribution in [1.29, 1.82) is 0 Å². The Bertz CT molecular complexity index is 478. The third-order valence-corrected chi connectivity index (χ3v) is 4.18. The molecule has 0 saturated carbocycles. The van der Waals surface area contributed by atoms with Gasteiger partial charge in [0.2, 0.25) is 0 Å². The van der Waals surface area contributed by atoms with E-state index in [1.807, 2.05) is 11.4 Å². The molecule has 0 fully saturated rings. The van der Waals surface area contributed by atoms with Gasteiger partial charge in [-0.25, -0.2) is 0 Å².